The van der Waals surface area contributed by atoms with Crippen LogP contribution < -0.4 is 11.1 Å². The SMILES string of the molecule is NC(=O)C(O)CNC1CC(c2ccccc2F)C1. The van der Waals surface area contributed by atoms with Gasteiger partial charge in [0.15, 0.2) is 0 Å². The van der Waals surface area contributed by atoms with Crippen LogP contribution in [0.5, 0.6) is 0 Å². The maximum absolute atomic E-state index is 13.5. The van der Waals surface area contributed by atoms with Crippen LogP contribution in [0.3, 0.4) is 0 Å². The molecule has 0 aromatic heterocycles. The number of rotatable bonds is 5. The smallest absolute Gasteiger partial charge is 0.247 e. The summed E-state index contributed by atoms with van der Waals surface area (Å²) in [6.45, 7) is 0.157. The highest BCUT2D eigenvalue weighted by atomic mass is 19.1. The monoisotopic (exact) mass is 252 g/mol. The molecule has 0 heterocycles. The zero-order valence-corrected chi connectivity index (χ0v) is 9.97. The van der Waals surface area contributed by atoms with Crippen LogP contribution in [0.25, 0.3) is 0 Å². The van der Waals surface area contributed by atoms with E-state index in [1.165, 1.54) is 6.07 Å². The summed E-state index contributed by atoms with van der Waals surface area (Å²) >= 11 is 0. The van der Waals surface area contributed by atoms with Gasteiger partial charge in [-0.05, 0) is 30.4 Å². The third-order valence-corrected chi connectivity index (χ3v) is 3.41. The van der Waals surface area contributed by atoms with Crippen LogP contribution >= 0.6 is 0 Å². The Labute approximate surface area is 105 Å². The molecule has 1 aromatic rings. The molecule has 1 fully saturated rings. The predicted molar refractivity (Wildman–Crippen MR) is 65.4 cm³/mol. The van der Waals surface area contributed by atoms with E-state index >= 15 is 0 Å². The molecule has 4 nitrogen and oxygen atoms in total. The molecule has 1 saturated carbocycles. The van der Waals surface area contributed by atoms with Crippen molar-refractivity contribution >= 4 is 5.91 Å². The first kappa shape index (κ1) is 13.0. The Balaban J connectivity index is 1.78. The summed E-state index contributed by atoms with van der Waals surface area (Å²) in [7, 11) is 0. The summed E-state index contributed by atoms with van der Waals surface area (Å²) in [5.41, 5.74) is 5.68. The molecule has 5 heteroatoms. The van der Waals surface area contributed by atoms with Crippen molar-refractivity contribution in [2.75, 3.05) is 6.54 Å². The van der Waals surface area contributed by atoms with Crippen molar-refractivity contribution in [3.05, 3.63) is 35.6 Å². The first-order chi connectivity index (χ1) is 8.58. The predicted octanol–water partition coefficient (Wildman–Crippen LogP) is 0.508. The largest absolute Gasteiger partial charge is 0.382 e. The van der Waals surface area contributed by atoms with Gasteiger partial charge in [0.2, 0.25) is 5.91 Å². The number of primary amides is 1. The number of carbonyl (C=O) groups is 1. The fraction of sp³-hybridized carbons (Fsp3) is 0.462. The van der Waals surface area contributed by atoms with Gasteiger partial charge in [0.25, 0.3) is 0 Å². The van der Waals surface area contributed by atoms with Crippen LogP contribution in [0.2, 0.25) is 0 Å². The molecule has 1 aliphatic carbocycles. The second-order valence-electron chi connectivity index (χ2n) is 4.71. The summed E-state index contributed by atoms with van der Waals surface area (Å²) < 4.78 is 13.5. The normalized spacial score (nSPS) is 24.3. The molecule has 0 spiro atoms. The average molecular weight is 252 g/mol. The second kappa shape index (κ2) is 5.46. The van der Waals surface area contributed by atoms with E-state index in [1.807, 2.05) is 6.07 Å². The number of halogens is 1. The van der Waals surface area contributed by atoms with Crippen LogP contribution in [-0.2, 0) is 4.79 Å². The zero-order chi connectivity index (χ0) is 13.1. The molecule has 98 valence electrons. The molecule has 1 aromatic carbocycles. The Hall–Kier alpha value is -1.46. The van der Waals surface area contributed by atoms with E-state index in [0.29, 0.717) is 0 Å². The highest BCUT2D eigenvalue weighted by Gasteiger charge is 2.31. The lowest BCUT2D eigenvalue weighted by atomic mass is 9.75. The number of hydrogen-bond donors (Lipinski definition) is 3. The summed E-state index contributed by atoms with van der Waals surface area (Å²) in [6.07, 6.45) is 0.469. The summed E-state index contributed by atoms with van der Waals surface area (Å²) in [6, 6.07) is 6.98. The molecule has 18 heavy (non-hydrogen) atoms. The molecule has 1 amide bonds. The maximum atomic E-state index is 13.5. The molecule has 1 unspecified atom stereocenters. The van der Waals surface area contributed by atoms with Gasteiger partial charge in [-0.25, -0.2) is 4.39 Å². The van der Waals surface area contributed by atoms with E-state index in [0.717, 1.165) is 18.4 Å². The molecule has 0 bridgehead atoms. The molecule has 2 rings (SSSR count). The molecule has 0 aliphatic heterocycles. The highest BCUT2D eigenvalue weighted by Crippen LogP contribution is 2.37. The van der Waals surface area contributed by atoms with Gasteiger partial charge in [-0.15, -0.1) is 0 Å². The van der Waals surface area contributed by atoms with Gasteiger partial charge in [-0.3, -0.25) is 4.79 Å². The number of nitrogens with one attached hydrogen (secondary N) is 1. The van der Waals surface area contributed by atoms with Gasteiger partial charge >= 0.3 is 0 Å². The number of hydrogen-bond acceptors (Lipinski definition) is 3. The molecular formula is C13H17FN2O2. The van der Waals surface area contributed by atoms with E-state index in [4.69, 9.17) is 5.73 Å². The standard InChI is InChI=1S/C13H17FN2O2/c14-11-4-2-1-3-10(11)8-5-9(6-8)16-7-12(17)13(15)18/h1-4,8-9,12,16-17H,5-7H2,(H2,15,18). The van der Waals surface area contributed by atoms with Crippen molar-refractivity contribution < 1.29 is 14.3 Å². The van der Waals surface area contributed by atoms with Crippen molar-refractivity contribution in [1.29, 1.82) is 0 Å². The Bertz CT molecular complexity index is 433. The molecule has 1 atom stereocenters. The number of nitrogens with two attached hydrogens (primary N) is 1. The molecular weight excluding hydrogens is 235 g/mol. The zero-order valence-electron chi connectivity index (χ0n) is 9.97. The minimum absolute atomic E-state index is 0.157. The van der Waals surface area contributed by atoms with Crippen LogP contribution in [-0.4, -0.2) is 29.7 Å². The van der Waals surface area contributed by atoms with Crippen molar-refractivity contribution in [3.63, 3.8) is 0 Å². The van der Waals surface area contributed by atoms with Crippen molar-refractivity contribution in [2.45, 2.75) is 30.9 Å². The first-order valence-corrected chi connectivity index (χ1v) is 6.03. The topological polar surface area (TPSA) is 75.4 Å². The van der Waals surface area contributed by atoms with E-state index in [9.17, 15) is 14.3 Å². The number of amides is 1. The number of carbonyl (C=O) groups excluding carboxylic acids is 1. The summed E-state index contributed by atoms with van der Waals surface area (Å²) in [4.78, 5) is 10.6. The molecule has 0 saturated heterocycles. The van der Waals surface area contributed by atoms with Gasteiger partial charge in [0, 0.05) is 12.6 Å². The lowest BCUT2D eigenvalue weighted by Gasteiger charge is -2.36. The summed E-state index contributed by atoms with van der Waals surface area (Å²) in [5.74, 6) is -0.681. The molecule has 4 N–H and O–H groups in total. The third kappa shape index (κ3) is 2.86. The van der Waals surface area contributed by atoms with Gasteiger partial charge in [0.1, 0.15) is 11.9 Å². The van der Waals surface area contributed by atoms with Crippen LogP contribution in [0.4, 0.5) is 4.39 Å². The Morgan fingerprint density at radius 3 is 2.78 bits per heavy atom. The van der Waals surface area contributed by atoms with Gasteiger partial charge in [-0.2, -0.15) is 0 Å². The maximum Gasteiger partial charge on any atom is 0.247 e. The number of aliphatic hydroxyl groups is 1. The van der Waals surface area contributed by atoms with Crippen LogP contribution in [0.15, 0.2) is 24.3 Å². The Morgan fingerprint density at radius 2 is 2.17 bits per heavy atom. The van der Waals surface area contributed by atoms with Gasteiger partial charge in [-0.1, -0.05) is 18.2 Å². The van der Waals surface area contributed by atoms with Gasteiger partial charge < -0.3 is 16.2 Å². The van der Waals surface area contributed by atoms with Crippen molar-refractivity contribution in [2.24, 2.45) is 5.73 Å². The minimum atomic E-state index is -1.16. The fourth-order valence-electron chi connectivity index (χ4n) is 2.22. The number of benzene rings is 1. The number of aliphatic hydroxyl groups excluding tert-OH is 1. The van der Waals surface area contributed by atoms with Crippen molar-refractivity contribution in [3.8, 4) is 0 Å². The van der Waals surface area contributed by atoms with E-state index < -0.39 is 12.0 Å². The lowest BCUT2D eigenvalue weighted by Crippen LogP contribution is -2.46. The van der Waals surface area contributed by atoms with E-state index in [1.54, 1.807) is 12.1 Å². The van der Waals surface area contributed by atoms with Crippen molar-refractivity contribution in [1.82, 2.24) is 5.32 Å². The van der Waals surface area contributed by atoms with E-state index in [-0.39, 0.29) is 24.3 Å². The van der Waals surface area contributed by atoms with Gasteiger partial charge in [0.05, 0.1) is 0 Å². The van der Waals surface area contributed by atoms with E-state index in [2.05, 4.69) is 5.32 Å². The fourth-order valence-corrected chi connectivity index (χ4v) is 2.22. The molecule has 0 radical (unpaired) electrons. The first-order valence-electron chi connectivity index (χ1n) is 6.03. The Kier molecular flexibility index (Phi) is 3.93. The van der Waals surface area contributed by atoms with Crippen LogP contribution in [0.1, 0.15) is 24.3 Å². The summed E-state index contributed by atoms with van der Waals surface area (Å²) in [5, 5.41) is 12.3. The highest BCUT2D eigenvalue weighted by molar-refractivity contribution is 5.78. The Morgan fingerprint density at radius 1 is 1.50 bits per heavy atom. The minimum Gasteiger partial charge on any atom is -0.382 e. The quantitative estimate of drug-likeness (QED) is 0.714. The second-order valence-corrected chi connectivity index (χ2v) is 4.71. The third-order valence-electron chi connectivity index (χ3n) is 3.41. The lowest BCUT2D eigenvalue weighted by molar-refractivity contribution is -0.125. The average Bonchev–Trinajstić information content (AvgIpc) is 2.28. The molecule has 1 aliphatic rings. The van der Waals surface area contributed by atoms with Crippen LogP contribution in [0, 0.1) is 5.82 Å².